The van der Waals surface area contributed by atoms with Crippen LogP contribution in [0, 0.1) is 0 Å². The lowest BCUT2D eigenvalue weighted by molar-refractivity contribution is 0.387. The molecule has 0 fully saturated rings. The zero-order valence-corrected chi connectivity index (χ0v) is 25.8. The highest BCUT2D eigenvalue weighted by Crippen LogP contribution is 2.63. The highest BCUT2D eigenvalue weighted by molar-refractivity contribution is 8.55. The van der Waals surface area contributed by atoms with E-state index in [2.05, 4.69) is 107 Å². The zero-order chi connectivity index (χ0) is 26.8. The van der Waals surface area contributed by atoms with Crippen LogP contribution in [0.4, 0.5) is 0 Å². The molecule has 0 saturated heterocycles. The van der Waals surface area contributed by atoms with Crippen molar-refractivity contribution in [1.29, 1.82) is 0 Å². The predicted molar refractivity (Wildman–Crippen MR) is 153 cm³/mol. The summed E-state index contributed by atoms with van der Waals surface area (Å²) in [6.45, 7) is 23.0. The molecule has 3 nitrogen and oxygen atoms in total. The molecule has 3 rings (SSSR count). The molecule has 0 amide bonds. The van der Waals surface area contributed by atoms with Crippen LogP contribution in [-0.2, 0) is 32.6 Å². The standard InChI is InChI=1S/C30H45O3PS/c1-27(2,3)21-15-19-14-20-16-22(28(4,5)6)18-24(30(10,11)12)26(20)33-34(31,35-13)32-25(19)23(17-21)29(7,8)9/h15-18H,14H2,1-13H3. The van der Waals surface area contributed by atoms with E-state index >= 15 is 0 Å². The van der Waals surface area contributed by atoms with Crippen molar-refractivity contribution in [1.82, 2.24) is 0 Å². The van der Waals surface area contributed by atoms with E-state index < -0.39 is 6.80 Å². The minimum Gasteiger partial charge on any atom is -0.408 e. The molecule has 1 aliphatic rings. The maximum Gasteiger partial charge on any atom is 0.492 e. The van der Waals surface area contributed by atoms with Gasteiger partial charge < -0.3 is 9.05 Å². The molecule has 0 unspecified atom stereocenters. The fourth-order valence-corrected chi connectivity index (χ4v) is 6.32. The molecule has 1 aliphatic heterocycles. The Bertz CT molecular complexity index is 1080. The Morgan fingerprint density at radius 2 is 0.971 bits per heavy atom. The van der Waals surface area contributed by atoms with E-state index in [0.717, 1.165) is 22.3 Å². The Morgan fingerprint density at radius 3 is 1.23 bits per heavy atom. The van der Waals surface area contributed by atoms with Crippen molar-refractivity contribution in [3.8, 4) is 11.5 Å². The van der Waals surface area contributed by atoms with E-state index in [-0.39, 0.29) is 21.7 Å². The Balaban J connectivity index is 2.46. The topological polar surface area (TPSA) is 35.5 Å². The number of hydrogen-bond donors (Lipinski definition) is 0. The summed E-state index contributed by atoms with van der Waals surface area (Å²) in [6, 6.07) is 8.98. The number of fused-ring (bicyclic) bond motifs is 2. The first kappa shape index (κ1) is 28.2. The van der Waals surface area contributed by atoms with Crippen molar-refractivity contribution in [3.63, 3.8) is 0 Å². The summed E-state index contributed by atoms with van der Waals surface area (Å²) in [4.78, 5) is 0. The summed E-state index contributed by atoms with van der Waals surface area (Å²) in [6.07, 6.45) is 2.47. The smallest absolute Gasteiger partial charge is 0.408 e. The van der Waals surface area contributed by atoms with Crippen molar-refractivity contribution in [3.05, 3.63) is 57.6 Å². The van der Waals surface area contributed by atoms with Crippen molar-refractivity contribution in [2.24, 2.45) is 0 Å². The maximum absolute atomic E-state index is 14.1. The lowest BCUT2D eigenvalue weighted by Crippen LogP contribution is -2.22. The lowest BCUT2D eigenvalue weighted by Gasteiger charge is -2.34. The predicted octanol–water partition coefficient (Wildman–Crippen LogP) is 9.71. The normalized spacial score (nSPS) is 16.4. The fourth-order valence-electron chi connectivity index (χ4n) is 4.36. The van der Waals surface area contributed by atoms with Gasteiger partial charge in [0.1, 0.15) is 11.5 Å². The van der Waals surface area contributed by atoms with Gasteiger partial charge in [-0.3, -0.25) is 0 Å². The molecule has 2 aromatic carbocycles. The van der Waals surface area contributed by atoms with Crippen molar-refractivity contribution >= 4 is 18.2 Å². The molecule has 194 valence electrons. The van der Waals surface area contributed by atoms with Gasteiger partial charge in [-0.05, 0) is 61.6 Å². The Labute approximate surface area is 218 Å². The Morgan fingerprint density at radius 1 is 0.629 bits per heavy atom. The molecular formula is C30H45O3PS. The van der Waals surface area contributed by atoms with E-state index in [0.29, 0.717) is 17.9 Å². The van der Waals surface area contributed by atoms with Crippen molar-refractivity contribution in [2.75, 3.05) is 6.26 Å². The summed E-state index contributed by atoms with van der Waals surface area (Å²) in [5.74, 6) is 1.43. The monoisotopic (exact) mass is 516 g/mol. The number of benzene rings is 2. The van der Waals surface area contributed by atoms with Gasteiger partial charge in [0, 0.05) is 17.5 Å². The van der Waals surface area contributed by atoms with E-state index in [1.54, 1.807) is 0 Å². The largest absolute Gasteiger partial charge is 0.492 e. The van der Waals surface area contributed by atoms with Gasteiger partial charge in [0.15, 0.2) is 0 Å². The third kappa shape index (κ3) is 5.96. The van der Waals surface area contributed by atoms with Gasteiger partial charge >= 0.3 is 6.80 Å². The summed E-state index contributed by atoms with van der Waals surface area (Å²) in [5.41, 5.74) is 6.41. The van der Waals surface area contributed by atoms with E-state index in [4.69, 9.17) is 9.05 Å². The number of hydrogen-bond acceptors (Lipinski definition) is 4. The first-order chi connectivity index (χ1) is 15.7. The van der Waals surface area contributed by atoms with Gasteiger partial charge in [-0.25, -0.2) is 4.57 Å². The fraction of sp³-hybridized carbons (Fsp3) is 0.600. The van der Waals surface area contributed by atoms with Crippen LogP contribution in [0.25, 0.3) is 0 Å². The SMILES string of the molecule is CSP1(=O)Oc2c(cc(C(C)(C)C)cc2C(C)(C)C)Cc2cc(C(C)(C)C)cc(C(C)(C)C)c2O1. The Kier molecular flexibility index (Phi) is 7.15. The average molecular weight is 517 g/mol. The maximum atomic E-state index is 14.1. The van der Waals surface area contributed by atoms with Gasteiger partial charge in [0.25, 0.3) is 0 Å². The third-order valence-corrected chi connectivity index (χ3v) is 9.74. The molecule has 0 saturated carbocycles. The van der Waals surface area contributed by atoms with Crippen LogP contribution in [-0.4, -0.2) is 6.26 Å². The quantitative estimate of drug-likeness (QED) is 0.353. The molecule has 0 atom stereocenters. The highest BCUT2D eigenvalue weighted by atomic mass is 32.7. The van der Waals surface area contributed by atoms with Crippen molar-refractivity contribution in [2.45, 2.75) is 111 Å². The van der Waals surface area contributed by atoms with Gasteiger partial charge in [-0.15, -0.1) is 0 Å². The summed E-state index contributed by atoms with van der Waals surface area (Å²) < 4.78 is 27.0. The second kappa shape index (κ2) is 8.88. The van der Waals surface area contributed by atoms with Crippen LogP contribution in [0.5, 0.6) is 11.5 Å². The molecule has 0 N–H and O–H groups in total. The second-order valence-electron chi connectivity index (χ2n) is 14.0. The molecule has 35 heavy (non-hydrogen) atoms. The second-order valence-corrected chi connectivity index (χ2v) is 18.1. The number of rotatable bonds is 1. The molecule has 0 aromatic heterocycles. The van der Waals surface area contributed by atoms with Gasteiger partial charge in [-0.1, -0.05) is 107 Å². The third-order valence-electron chi connectivity index (χ3n) is 6.69. The summed E-state index contributed by atoms with van der Waals surface area (Å²) >= 11 is 1.17. The zero-order valence-electron chi connectivity index (χ0n) is 24.1. The molecule has 2 aromatic rings. The molecule has 0 spiro atoms. The first-order valence-electron chi connectivity index (χ1n) is 12.6. The summed E-state index contributed by atoms with van der Waals surface area (Å²) in [7, 11) is 0. The minimum atomic E-state index is -3.52. The van der Waals surface area contributed by atoms with Gasteiger partial charge in [0.2, 0.25) is 0 Å². The van der Waals surface area contributed by atoms with E-state index in [1.165, 1.54) is 22.5 Å². The molecule has 1 heterocycles. The summed E-state index contributed by atoms with van der Waals surface area (Å²) in [5, 5.41) is 0. The molecule has 5 heteroatoms. The van der Waals surface area contributed by atoms with E-state index in [1.807, 2.05) is 6.26 Å². The van der Waals surface area contributed by atoms with Crippen LogP contribution >= 0.6 is 18.2 Å². The van der Waals surface area contributed by atoms with Crippen LogP contribution in [0.1, 0.15) is 116 Å². The minimum absolute atomic E-state index is 0.0241. The lowest BCUT2D eigenvalue weighted by atomic mass is 9.76. The highest BCUT2D eigenvalue weighted by Gasteiger charge is 2.38. The van der Waals surface area contributed by atoms with Gasteiger partial charge in [-0.2, -0.15) is 0 Å². The van der Waals surface area contributed by atoms with Crippen LogP contribution in [0.2, 0.25) is 0 Å². The van der Waals surface area contributed by atoms with Crippen LogP contribution < -0.4 is 9.05 Å². The van der Waals surface area contributed by atoms with Gasteiger partial charge in [0.05, 0.1) is 0 Å². The first-order valence-corrected chi connectivity index (χ1v) is 15.9. The Hall–Kier alpha value is -1.38. The van der Waals surface area contributed by atoms with Crippen LogP contribution in [0.3, 0.4) is 0 Å². The van der Waals surface area contributed by atoms with Crippen LogP contribution in [0.15, 0.2) is 24.3 Å². The molecular weight excluding hydrogens is 471 g/mol. The average Bonchev–Trinajstić information content (AvgIpc) is 2.65. The molecule has 0 bridgehead atoms. The van der Waals surface area contributed by atoms with Crippen molar-refractivity contribution < 1.29 is 13.6 Å². The van der Waals surface area contributed by atoms with E-state index in [9.17, 15) is 4.57 Å². The molecule has 0 radical (unpaired) electrons. The molecule has 0 aliphatic carbocycles.